The van der Waals surface area contributed by atoms with E-state index in [2.05, 4.69) is 33.2 Å². The number of hydrogen-bond acceptors (Lipinski definition) is 6. The summed E-state index contributed by atoms with van der Waals surface area (Å²) in [5, 5.41) is 5.75. The highest BCUT2D eigenvalue weighted by molar-refractivity contribution is 9.10. The second kappa shape index (κ2) is 7.88. The average molecular weight is 530 g/mol. The van der Waals surface area contributed by atoms with E-state index in [4.69, 9.17) is 25.8 Å². The molecule has 0 aromatic heterocycles. The quantitative estimate of drug-likeness (QED) is 0.323. The van der Waals surface area contributed by atoms with E-state index in [0.29, 0.717) is 32.3 Å². The van der Waals surface area contributed by atoms with E-state index in [1.54, 1.807) is 12.1 Å². The normalized spacial score (nSPS) is 26.7. The molecule has 2 aromatic carbocycles. The van der Waals surface area contributed by atoms with E-state index in [0.717, 1.165) is 17.0 Å². The van der Waals surface area contributed by atoms with Crippen LogP contribution in [0.2, 0.25) is 5.02 Å². The summed E-state index contributed by atoms with van der Waals surface area (Å²) in [6.07, 6.45) is 6.45. The Balaban J connectivity index is 1.24. The largest absolute Gasteiger partial charge is 0.487 e. The molecule has 2 aromatic rings. The van der Waals surface area contributed by atoms with Gasteiger partial charge in [0.25, 0.3) is 11.8 Å². The highest BCUT2D eigenvalue weighted by atomic mass is 79.9. The van der Waals surface area contributed by atoms with Gasteiger partial charge >= 0.3 is 0 Å². The summed E-state index contributed by atoms with van der Waals surface area (Å²) >= 11 is 9.74. The van der Waals surface area contributed by atoms with E-state index in [1.807, 2.05) is 18.2 Å². The van der Waals surface area contributed by atoms with Crippen LogP contribution < -0.4 is 14.2 Å². The Morgan fingerprint density at radius 2 is 1.82 bits per heavy atom. The van der Waals surface area contributed by atoms with Gasteiger partial charge in [-0.3, -0.25) is 9.59 Å². The van der Waals surface area contributed by atoms with Crippen LogP contribution in [0.4, 0.5) is 0 Å². The number of amides is 2. The molecule has 0 radical (unpaired) electrons. The van der Waals surface area contributed by atoms with Gasteiger partial charge in [0.1, 0.15) is 12.4 Å². The molecule has 2 amide bonds. The van der Waals surface area contributed by atoms with E-state index in [1.165, 1.54) is 6.21 Å². The molecule has 2 heterocycles. The average Bonchev–Trinajstić information content (AvgIpc) is 3.56. The van der Waals surface area contributed by atoms with Gasteiger partial charge in [-0.05, 0) is 64.0 Å². The maximum absolute atomic E-state index is 12.9. The summed E-state index contributed by atoms with van der Waals surface area (Å²) in [7, 11) is 0. The first-order valence-electron chi connectivity index (χ1n) is 10.6. The van der Waals surface area contributed by atoms with Gasteiger partial charge in [0.2, 0.25) is 6.79 Å². The standard InChI is InChI=1S/C24H18BrClN2O5/c25-17-8-16(26)7-15(22(17)31-10-12-1-4-18-19(5-12)33-11-32-18)9-27-28-23(29)20-13-2-3-14(6-13)21(20)24(28)30/h1-5,7-9,13-14,20-21H,6,10-11H2/t13-,14-,20-,21+/m0/s1. The molecule has 1 saturated heterocycles. The first-order chi connectivity index (χ1) is 16.0. The molecule has 1 saturated carbocycles. The number of halogens is 2. The third-order valence-corrected chi connectivity index (χ3v) is 7.42. The molecule has 2 aliphatic heterocycles. The van der Waals surface area contributed by atoms with E-state index in [9.17, 15) is 9.59 Å². The first kappa shape index (κ1) is 20.7. The van der Waals surface area contributed by atoms with Crippen molar-refractivity contribution < 1.29 is 23.8 Å². The van der Waals surface area contributed by atoms with Crippen LogP contribution in [-0.2, 0) is 16.2 Å². The van der Waals surface area contributed by atoms with Crippen molar-refractivity contribution in [2.45, 2.75) is 13.0 Å². The van der Waals surface area contributed by atoms with Gasteiger partial charge in [-0.2, -0.15) is 10.1 Å². The van der Waals surface area contributed by atoms with Gasteiger partial charge in [0, 0.05) is 10.6 Å². The first-order valence-corrected chi connectivity index (χ1v) is 11.8. The minimum absolute atomic E-state index is 0.137. The Kier molecular flexibility index (Phi) is 4.96. The molecule has 2 fully saturated rings. The maximum Gasteiger partial charge on any atom is 0.254 e. The third-order valence-electron chi connectivity index (χ3n) is 6.62. The second-order valence-electron chi connectivity index (χ2n) is 8.51. The minimum Gasteiger partial charge on any atom is -0.487 e. The van der Waals surface area contributed by atoms with Gasteiger partial charge in [-0.15, -0.1) is 0 Å². The molecule has 2 aliphatic carbocycles. The van der Waals surface area contributed by atoms with Gasteiger partial charge in [-0.1, -0.05) is 29.8 Å². The van der Waals surface area contributed by atoms with Crippen LogP contribution >= 0.6 is 27.5 Å². The second-order valence-corrected chi connectivity index (χ2v) is 9.81. The Morgan fingerprint density at radius 3 is 2.58 bits per heavy atom. The van der Waals surface area contributed by atoms with Crippen LogP contribution in [0, 0.1) is 23.7 Å². The van der Waals surface area contributed by atoms with Crippen molar-refractivity contribution in [3.05, 3.63) is 63.1 Å². The highest BCUT2D eigenvalue weighted by Crippen LogP contribution is 2.52. The van der Waals surface area contributed by atoms with Crippen molar-refractivity contribution >= 4 is 45.6 Å². The molecule has 168 valence electrons. The summed E-state index contributed by atoms with van der Waals surface area (Å²) < 4.78 is 17.5. The monoisotopic (exact) mass is 528 g/mol. The number of carbonyl (C=O) groups is 2. The highest BCUT2D eigenvalue weighted by Gasteiger charge is 2.59. The zero-order valence-corrected chi connectivity index (χ0v) is 19.6. The molecule has 0 unspecified atom stereocenters. The number of nitrogens with zero attached hydrogens (tertiary/aromatic N) is 2. The molecule has 9 heteroatoms. The zero-order chi connectivity index (χ0) is 22.7. The molecule has 4 atom stereocenters. The number of allylic oxidation sites excluding steroid dienone is 2. The fraction of sp³-hybridized carbons (Fsp3) is 0.292. The molecule has 4 aliphatic rings. The molecule has 0 spiro atoms. The lowest BCUT2D eigenvalue weighted by atomic mass is 9.85. The smallest absolute Gasteiger partial charge is 0.254 e. The predicted octanol–water partition coefficient (Wildman–Crippen LogP) is 4.55. The van der Waals surface area contributed by atoms with Crippen molar-refractivity contribution in [1.29, 1.82) is 0 Å². The molecule has 6 rings (SSSR count). The number of carbonyl (C=O) groups excluding carboxylic acids is 2. The van der Waals surface area contributed by atoms with Gasteiger partial charge in [-0.25, -0.2) is 0 Å². The Hall–Kier alpha value is -2.84. The summed E-state index contributed by atoms with van der Waals surface area (Å²) in [5.41, 5.74) is 1.44. The van der Waals surface area contributed by atoms with Crippen LogP contribution in [0.3, 0.4) is 0 Å². The van der Waals surface area contributed by atoms with Crippen LogP contribution in [0.25, 0.3) is 0 Å². The number of ether oxygens (including phenoxy) is 3. The van der Waals surface area contributed by atoms with E-state index >= 15 is 0 Å². The van der Waals surface area contributed by atoms with Crippen LogP contribution in [0.5, 0.6) is 17.2 Å². The summed E-state index contributed by atoms with van der Waals surface area (Å²) in [6.45, 7) is 0.467. The lowest BCUT2D eigenvalue weighted by Crippen LogP contribution is -2.28. The molecule has 0 N–H and O–H groups in total. The van der Waals surface area contributed by atoms with E-state index < -0.39 is 0 Å². The van der Waals surface area contributed by atoms with Crippen LogP contribution in [0.15, 0.2) is 52.1 Å². The molecular formula is C24H18BrClN2O5. The lowest BCUT2D eigenvalue weighted by Gasteiger charge is -2.14. The third kappa shape index (κ3) is 3.43. The van der Waals surface area contributed by atoms with Gasteiger partial charge in [0.05, 0.1) is 22.5 Å². The van der Waals surface area contributed by atoms with Crippen molar-refractivity contribution in [2.75, 3.05) is 6.79 Å². The predicted molar refractivity (Wildman–Crippen MR) is 123 cm³/mol. The number of rotatable bonds is 5. The van der Waals surface area contributed by atoms with Crippen molar-refractivity contribution in [3.63, 3.8) is 0 Å². The Bertz CT molecular complexity index is 1220. The summed E-state index contributed by atoms with van der Waals surface area (Å²) in [5.74, 6) is 1.09. The van der Waals surface area contributed by atoms with Crippen LogP contribution in [0.1, 0.15) is 17.5 Å². The summed E-state index contributed by atoms with van der Waals surface area (Å²) in [4.78, 5) is 25.8. The number of fused-ring (bicyclic) bond motifs is 6. The summed E-state index contributed by atoms with van der Waals surface area (Å²) in [6, 6.07) is 9.00. The number of imide groups is 1. The van der Waals surface area contributed by atoms with Gasteiger partial charge in [0.15, 0.2) is 11.5 Å². The van der Waals surface area contributed by atoms with Crippen LogP contribution in [-0.4, -0.2) is 29.8 Å². The Morgan fingerprint density at radius 1 is 1.09 bits per heavy atom. The molecule has 7 nitrogen and oxygen atoms in total. The maximum atomic E-state index is 12.9. The molecule has 2 bridgehead atoms. The SMILES string of the molecule is O=C1[C@@H]2[C@H](C(=O)N1N=Cc1cc(Cl)cc(Br)c1OCc1ccc3c(c1)OCO3)[C@H]1C=C[C@H]2C1. The number of hydrazone groups is 1. The van der Waals surface area contributed by atoms with Crippen molar-refractivity contribution in [3.8, 4) is 17.2 Å². The topological polar surface area (TPSA) is 77.4 Å². The zero-order valence-electron chi connectivity index (χ0n) is 17.2. The molecular weight excluding hydrogens is 512 g/mol. The van der Waals surface area contributed by atoms with Crippen molar-refractivity contribution in [1.82, 2.24) is 5.01 Å². The van der Waals surface area contributed by atoms with Crippen molar-refractivity contribution in [2.24, 2.45) is 28.8 Å². The number of benzene rings is 2. The minimum atomic E-state index is -0.294. The lowest BCUT2D eigenvalue weighted by molar-refractivity contribution is -0.140. The fourth-order valence-electron chi connectivity index (χ4n) is 5.13. The van der Waals surface area contributed by atoms with E-state index in [-0.39, 0.29) is 48.9 Å². The molecule has 33 heavy (non-hydrogen) atoms. The fourth-order valence-corrected chi connectivity index (χ4v) is 6.08. The van der Waals surface area contributed by atoms with Gasteiger partial charge < -0.3 is 14.2 Å². The Labute approximate surface area is 203 Å². The number of hydrogen-bond donors (Lipinski definition) is 0.